The smallest absolute Gasteiger partial charge is 0.438 e. The van der Waals surface area contributed by atoms with E-state index in [9.17, 15) is 24.3 Å². The maximum absolute atomic E-state index is 13.8. The van der Waals surface area contributed by atoms with Crippen LogP contribution in [-0.2, 0) is 28.5 Å². The molecule has 8 atom stereocenters. The van der Waals surface area contributed by atoms with Crippen molar-refractivity contribution in [2.75, 3.05) is 20.3 Å². The normalized spacial score (nSPS) is 38.2. The first-order valence-corrected chi connectivity index (χ1v) is 13.6. The number of carbonyl (C=O) groups excluding carboxylic acids is 4. The van der Waals surface area contributed by atoms with Crippen LogP contribution in [0.1, 0.15) is 66.2 Å². The summed E-state index contributed by atoms with van der Waals surface area (Å²) in [5, 5.41) is 11.6. The summed E-state index contributed by atoms with van der Waals surface area (Å²) in [6.45, 7) is 7.44. The van der Waals surface area contributed by atoms with Crippen LogP contribution >= 0.6 is 0 Å². The Bertz CT molecular complexity index is 1050. The van der Waals surface area contributed by atoms with Gasteiger partial charge in [-0.1, -0.05) is 45.8 Å². The molecule has 4 aliphatic rings. The highest BCUT2D eigenvalue weighted by Crippen LogP contribution is 2.67. The molecular weight excluding hydrogens is 492 g/mol. The predicted molar refractivity (Wildman–Crippen MR) is 136 cm³/mol. The Morgan fingerprint density at radius 3 is 2.58 bits per heavy atom. The zero-order valence-corrected chi connectivity index (χ0v) is 23.0. The minimum Gasteiger partial charge on any atom is -0.438 e. The monoisotopic (exact) mass is 532 g/mol. The van der Waals surface area contributed by atoms with E-state index in [0.717, 1.165) is 24.8 Å². The van der Waals surface area contributed by atoms with Gasteiger partial charge in [0.2, 0.25) is 5.78 Å². The summed E-state index contributed by atoms with van der Waals surface area (Å²) in [7, 11) is 1.18. The Kier molecular flexibility index (Phi) is 7.81. The molecule has 38 heavy (non-hydrogen) atoms. The van der Waals surface area contributed by atoms with Crippen LogP contribution < -0.4 is 0 Å². The number of methoxy groups -OCH3 is 1. The Morgan fingerprint density at radius 2 is 1.89 bits per heavy atom. The molecule has 4 rings (SSSR count). The van der Waals surface area contributed by atoms with E-state index < -0.39 is 47.2 Å². The molecule has 0 spiro atoms. The van der Waals surface area contributed by atoms with Gasteiger partial charge in [0.25, 0.3) is 0 Å². The maximum Gasteiger partial charge on any atom is 0.509 e. The predicted octanol–water partition coefficient (Wildman–Crippen LogP) is 4.56. The van der Waals surface area contributed by atoms with Crippen LogP contribution in [-0.4, -0.2) is 61.0 Å². The van der Waals surface area contributed by atoms with Gasteiger partial charge in [0.05, 0.1) is 19.8 Å². The molecule has 0 amide bonds. The largest absolute Gasteiger partial charge is 0.509 e. The zero-order chi connectivity index (χ0) is 27.9. The Morgan fingerprint density at radius 1 is 1.16 bits per heavy atom. The number of ether oxygens (including phenoxy) is 4. The van der Waals surface area contributed by atoms with Crippen molar-refractivity contribution >= 4 is 23.9 Å². The summed E-state index contributed by atoms with van der Waals surface area (Å²) >= 11 is 0. The molecule has 9 heteroatoms. The molecule has 0 radical (unpaired) electrons. The Balaban J connectivity index is 1.60. The van der Waals surface area contributed by atoms with Crippen molar-refractivity contribution in [3.05, 3.63) is 23.8 Å². The third-order valence-electron chi connectivity index (χ3n) is 9.99. The number of aliphatic hydroxyl groups is 1. The first-order valence-electron chi connectivity index (χ1n) is 13.6. The molecule has 1 N–H and O–H groups in total. The summed E-state index contributed by atoms with van der Waals surface area (Å²) in [4.78, 5) is 50.4. The van der Waals surface area contributed by atoms with E-state index in [2.05, 4.69) is 6.92 Å². The standard InChI is InChI=1S/C29H40O9/c1-6-17(2)15-36-26(34)37-16-23(32)29(38-25(33)35-5)12-10-21-20-8-7-18-13-19(30)9-11-27(18,3)24(20)22(31)14-28(21,29)4/h9,11,13,17,20-22,24,31H,6-8,10,12,14-16H2,1-5H3/t17?,20-,21-,22?,24+,27-,28-,29-/m0/s1. The van der Waals surface area contributed by atoms with Crippen LogP contribution in [0.2, 0.25) is 0 Å². The van der Waals surface area contributed by atoms with Gasteiger partial charge in [0.15, 0.2) is 18.0 Å². The molecule has 0 aromatic rings. The summed E-state index contributed by atoms with van der Waals surface area (Å²) in [5.74, 6) is -0.563. The SMILES string of the molecule is CCC(C)COC(=O)OCC(=O)[C@@]1(OC(=O)OC)CC[C@H]2[C@@H]3CCC4=CC(=O)C=C[C@]4(C)[C@H]3C(O)C[C@@]21C. The van der Waals surface area contributed by atoms with Crippen LogP contribution in [0.4, 0.5) is 9.59 Å². The van der Waals surface area contributed by atoms with Crippen molar-refractivity contribution in [1.82, 2.24) is 0 Å². The Labute approximate surface area is 223 Å². The van der Waals surface area contributed by atoms with Crippen LogP contribution in [0.5, 0.6) is 0 Å². The van der Waals surface area contributed by atoms with Crippen molar-refractivity contribution < 1.29 is 43.2 Å². The summed E-state index contributed by atoms with van der Waals surface area (Å²) in [6, 6.07) is 0. The Hall–Kier alpha value is -2.68. The third-order valence-corrected chi connectivity index (χ3v) is 9.99. The van der Waals surface area contributed by atoms with Gasteiger partial charge in [0, 0.05) is 16.7 Å². The van der Waals surface area contributed by atoms with E-state index in [1.54, 1.807) is 12.2 Å². The van der Waals surface area contributed by atoms with Crippen molar-refractivity contribution in [3.8, 4) is 0 Å². The summed E-state index contributed by atoms with van der Waals surface area (Å²) in [5.41, 5.74) is -1.96. The minimum atomic E-state index is -1.62. The van der Waals surface area contributed by atoms with Crippen LogP contribution in [0.3, 0.4) is 0 Å². The van der Waals surface area contributed by atoms with Gasteiger partial charge in [-0.2, -0.15) is 0 Å². The lowest BCUT2D eigenvalue weighted by Gasteiger charge is -2.59. The molecule has 2 unspecified atom stereocenters. The van der Waals surface area contributed by atoms with E-state index in [1.165, 1.54) is 7.11 Å². The lowest BCUT2D eigenvalue weighted by molar-refractivity contribution is -0.183. The van der Waals surface area contributed by atoms with Crippen molar-refractivity contribution in [3.63, 3.8) is 0 Å². The second-order valence-corrected chi connectivity index (χ2v) is 11.9. The number of hydrogen-bond acceptors (Lipinski definition) is 9. The highest BCUT2D eigenvalue weighted by atomic mass is 16.7. The average molecular weight is 533 g/mol. The highest BCUT2D eigenvalue weighted by Gasteiger charge is 2.70. The molecule has 0 aliphatic heterocycles. The second kappa shape index (κ2) is 10.5. The first kappa shape index (κ1) is 28.3. The molecule has 4 aliphatic carbocycles. The fourth-order valence-electron chi connectivity index (χ4n) is 7.79. The van der Waals surface area contributed by atoms with Crippen molar-refractivity contribution in [2.45, 2.75) is 77.9 Å². The number of rotatable bonds is 7. The van der Waals surface area contributed by atoms with Gasteiger partial charge in [-0.3, -0.25) is 9.59 Å². The molecule has 210 valence electrons. The minimum absolute atomic E-state index is 0.0359. The molecule has 0 aromatic carbocycles. The molecule has 3 saturated carbocycles. The number of allylic oxidation sites excluding steroid dienone is 4. The van der Waals surface area contributed by atoms with E-state index in [1.807, 2.05) is 26.8 Å². The topological polar surface area (TPSA) is 125 Å². The fraction of sp³-hybridized carbons (Fsp3) is 0.724. The van der Waals surface area contributed by atoms with Crippen molar-refractivity contribution in [1.29, 1.82) is 0 Å². The van der Waals surface area contributed by atoms with Gasteiger partial charge in [-0.05, 0) is 62.0 Å². The quantitative estimate of drug-likeness (QED) is 0.470. The van der Waals surface area contributed by atoms with E-state index in [4.69, 9.17) is 18.9 Å². The lowest BCUT2D eigenvalue weighted by Crippen LogP contribution is -2.63. The van der Waals surface area contributed by atoms with E-state index in [-0.39, 0.29) is 48.9 Å². The van der Waals surface area contributed by atoms with Crippen LogP contribution in [0.15, 0.2) is 23.8 Å². The van der Waals surface area contributed by atoms with Gasteiger partial charge < -0.3 is 24.1 Å². The van der Waals surface area contributed by atoms with E-state index >= 15 is 0 Å². The number of hydrogen-bond donors (Lipinski definition) is 1. The average Bonchev–Trinajstić information content (AvgIpc) is 3.17. The number of aliphatic hydroxyl groups excluding tert-OH is 1. The summed E-state index contributed by atoms with van der Waals surface area (Å²) in [6.07, 6.45) is 5.79. The third kappa shape index (κ3) is 4.56. The lowest BCUT2D eigenvalue weighted by atomic mass is 9.46. The van der Waals surface area contributed by atoms with E-state index in [0.29, 0.717) is 6.42 Å². The molecule has 3 fully saturated rings. The summed E-state index contributed by atoms with van der Waals surface area (Å²) < 4.78 is 20.8. The molecule has 0 saturated heterocycles. The molecule has 0 bridgehead atoms. The number of ketones is 2. The van der Waals surface area contributed by atoms with Crippen molar-refractivity contribution in [2.24, 2.45) is 34.5 Å². The highest BCUT2D eigenvalue weighted by molar-refractivity contribution is 6.01. The first-order chi connectivity index (χ1) is 17.9. The molecule has 9 nitrogen and oxygen atoms in total. The van der Waals surface area contributed by atoms with Crippen LogP contribution in [0.25, 0.3) is 0 Å². The second-order valence-electron chi connectivity index (χ2n) is 11.9. The maximum atomic E-state index is 13.8. The van der Waals surface area contributed by atoms with Gasteiger partial charge in [-0.15, -0.1) is 0 Å². The van der Waals surface area contributed by atoms with Crippen LogP contribution in [0, 0.1) is 34.5 Å². The number of fused-ring (bicyclic) bond motifs is 5. The molecule has 0 aromatic heterocycles. The number of Topliss-reactive ketones (excluding diaryl/α,β-unsaturated/α-hetero) is 1. The zero-order valence-electron chi connectivity index (χ0n) is 23.0. The number of carbonyl (C=O) groups is 4. The molecule has 0 heterocycles. The van der Waals surface area contributed by atoms with Gasteiger partial charge >= 0.3 is 12.3 Å². The fourth-order valence-corrected chi connectivity index (χ4v) is 7.79. The van der Waals surface area contributed by atoms with Gasteiger partial charge in [-0.25, -0.2) is 9.59 Å². The van der Waals surface area contributed by atoms with Gasteiger partial charge in [0.1, 0.15) is 0 Å². The molecular formula is C29H40O9.